The van der Waals surface area contributed by atoms with E-state index in [4.69, 9.17) is 5.11 Å². The molecule has 0 rings (SSSR count). The molecule has 66 valence electrons. The Morgan fingerprint density at radius 3 is 2.55 bits per heavy atom. The van der Waals surface area contributed by atoms with Gasteiger partial charge in [0.1, 0.15) is 5.54 Å². The Hall–Kier alpha value is -0.220. The molecule has 11 heavy (non-hydrogen) atoms. The number of carboxylic acids is 1. The predicted octanol–water partition coefficient (Wildman–Crippen LogP) is 0.802. The van der Waals surface area contributed by atoms with Gasteiger partial charge in [-0.1, -0.05) is 0 Å². The summed E-state index contributed by atoms with van der Waals surface area (Å²) < 4.78 is 0. The van der Waals surface area contributed by atoms with E-state index in [0.717, 1.165) is 12.3 Å². The largest absolute Gasteiger partial charge is 0.480 e. The second kappa shape index (κ2) is 4.62. The number of aliphatic carboxylic acids is 1. The Kier molecular flexibility index (Phi) is 4.52. The maximum atomic E-state index is 10.5. The molecule has 0 saturated heterocycles. The average Bonchev–Trinajstić information content (AvgIpc) is 1.88. The van der Waals surface area contributed by atoms with Crippen molar-refractivity contribution in [3.8, 4) is 0 Å². The molecule has 0 amide bonds. The summed E-state index contributed by atoms with van der Waals surface area (Å²) in [5.74, 6) is 0.134. The molecule has 0 aromatic heterocycles. The van der Waals surface area contributed by atoms with Gasteiger partial charge in [-0.25, -0.2) is 0 Å². The van der Waals surface area contributed by atoms with Crippen molar-refractivity contribution in [2.75, 3.05) is 18.6 Å². The number of rotatable bonds is 5. The third-order valence-electron chi connectivity index (χ3n) is 1.41. The zero-order valence-electron chi connectivity index (χ0n) is 7.18. The average molecular weight is 177 g/mol. The number of carbonyl (C=O) groups is 1. The molecule has 0 bridgehead atoms. The van der Waals surface area contributed by atoms with Gasteiger partial charge in [-0.15, -0.1) is 0 Å². The summed E-state index contributed by atoms with van der Waals surface area (Å²) in [6.07, 6.45) is 2.00. The zero-order valence-corrected chi connectivity index (χ0v) is 7.99. The summed E-state index contributed by atoms with van der Waals surface area (Å²) in [6, 6.07) is 0. The van der Waals surface area contributed by atoms with Crippen molar-refractivity contribution in [1.82, 2.24) is 5.32 Å². The quantitative estimate of drug-likeness (QED) is 0.610. The first-order chi connectivity index (χ1) is 5.00. The molecule has 2 N–H and O–H groups in total. The van der Waals surface area contributed by atoms with Gasteiger partial charge in [0.25, 0.3) is 0 Å². The van der Waals surface area contributed by atoms with Crippen LogP contribution in [0.2, 0.25) is 0 Å². The number of nitrogens with one attached hydrogen (secondary N) is 1. The molecule has 0 aromatic rings. The normalized spacial score (nSPS) is 11.5. The first kappa shape index (κ1) is 10.8. The molecule has 0 saturated carbocycles. The minimum atomic E-state index is -0.807. The summed E-state index contributed by atoms with van der Waals surface area (Å²) in [7, 11) is 0. The van der Waals surface area contributed by atoms with E-state index < -0.39 is 11.5 Å². The highest BCUT2D eigenvalue weighted by Crippen LogP contribution is 2.01. The van der Waals surface area contributed by atoms with Crippen molar-refractivity contribution < 1.29 is 9.90 Å². The Bertz CT molecular complexity index is 136. The van der Waals surface area contributed by atoms with Crippen molar-refractivity contribution in [2.24, 2.45) is 0 Å². The maximum Gasteiger partial charge on any atom is 0.323 e. The molecule has 0 aliphatic rings. The molecular formula is C7H15NO2S. The third kappa shape index (κ3) is 4.27. The molecule has 0 heterocycles. The third-order valence-corrected chi connectivity index (χ3v) is 2.02. The number of hydrogen-bond donors (Lipinski definition) is 2. The SMILES string of the molecule is CSCCNC(C)(C)C(=O)O. The van der Waals surface area contributed by atoms with E-state index in [1.54, 1.807) is 25.6 Å². The Morgan fingerprint density at radius 1 is 1.64 bits per heavy atom. The van der Waals surface area contributed by atoms with Crippen LogP contribution in [0.1, 0.15) is 13.8 Å². The van der Waals surface area contributed by atoms with E-state index in [0.29, 0.717) is 0 Å². The lowest BCUT2D eigenvalue weighted by atomic mass is 10.1. The van der Waals surface area contributed by atoms with Crippen LogP contribution in [0.5, 0.6) is 0 Å². The second-order valence-electron chi connectivity index (χ2n) is 2.85. The number of hydrogen-bond acceptors (Lipinski definition) is 3. The molecule has 0 atom stereocenters. The van der Waals surface area contributed by atoms with Gasteiger partial charge >= 0.3 is 5.97 Å². The summed E-state index contributed by atoms with van der Waals surface area (Å²) in [5, 5.41) is 11.6. The lowest BCUT2D eigenvalue weighted by Crippen LogP contribution is -2.47. The van der Waals surface area contributed by atoms with Crippen LogP contribution in [0.4, 0.5) is 0 Å². The van der Waals surface area contributed by atoms with E-state index in [1.165, 1.54) is 0 Å². The van der Waals surface area contributed by atoms with Crippen LogP contribution in [-0.4, -0.2) is 35.2 Å². The van der Waals surface area contributed by atoms with Crippen LogP contribution < -0.4 is 5.32 Å². The summed E-state index contributed by atoms with van der Waals surface area (Å²) in [5.41, 5.74) is -0.796. The standard InChI is InChI=1S/C7H15NO2S/c1-7(2,6(9)10)8-4-5-11-3/h8H,4-5H2,1-3H3,(H,9,10). The van der Waals surface area contributed by atoms with Crippen LogP contribution in [0.3, 0.4) is 0 Å². The van der Waals surface area contributed by atoms with Gasteiger partial charge in [-0.05, 0) is 20.1 Å². The summed E-state index contributed by atoms with van der Waals surface area (Å²) >= 11 is 1.70. The number of carboxylic acid groups (broad SMARTS) is 1. The van der Waals surface area contributed by atoms with Crippen LogP contribution in [0.25, 0.3) is 0 Å². The fraction of sp³-hybridized carbons (Fsp3) is 0.857. The highest BCUT2D eigenvalue weighted by atomic mass is 32.2. The fourth-order valence-electron chi connectivity index (χ4n) is 0.541. The maximum absolute atomic E-state index is 10.5. The molecule has 0 spiro atoms. The van der Waals surface area contributed by atoms with Gasteiger partial charge in [0.2, 0.25) is 0 Å². The van der Waals surface area contributed by atoms with E-state index in [9.17, 15) is 4.79 Å². The van der Waals surface area contributed by atoms with Gasteiger partial charge < -0.3 is 10.4 Å². The van der Waals surface area contributed by atoms with E-state index in [1.807, 2.05) is 6.26 Å². The van der Waals surface area contributed by atoms with Crippen molar-refractivity contribution >= 4 is 17.7 Å². The minimum absolute atomic E-state index is 0.737. The predicted molar refractivity (Wildman–Crippen MR) is 48.1 cm³/mol. The molecule has 0 fully saturated rings. The summed E-state index contributed by atoms with van der Waals surface area (Å²) in [4.78, 5) is 10.5. The summed E-state index contributed by atoms with van der Waals surface area (Å²) in [6.45, 7) is 4.06. The smallest absolute Gasteiger partial charge is 0.323 e. The molecular weight excluding hydrogens is 162 g/mol. The highest BCUT2D eigenvalue weighted by Gasteiger charge is 2.25. The van der Waals surface area contributed by atoms with Crippen molar-refractivity contribution in [2.45, 2.75) is 19.4 Å². The van der Waals surface area contributed by atoms with Gasteiger partial charge in [0.15, 0.2) is 0 Å². The lowest BCUT2D eigenvalue weighted by Gasteiger charge is -2.20. The first-order valence-corrected chi connectivity index (χ1v) is 4.87. The molecule has 0 aromatic carbocycles. The van der Waals surface area contributed by atoms with Gasteiger partial charge in [-0.2, -0.15) is 11.8 Å². The van der Waals surface area contributed by atoms with Crippen molar-refractivity contribution in [3.63, 3.8) is 0 Å². The molecule has 0 unspecified atom stereocenters. The van der Waals surface area contributed by atoms with Crippen LogP contribution in [0.15, 0.2) is 0 Å². The lowest BCUT2D eigenvalue weighted by molar-refractivity contribution is -0.143. The van der Waals surface area contributed by atoms with E-state index in [2.05, 4.69) is 5.32 Å². The topological polar surface area (TPSA) is 49.3 Å². The van der Waals surface area contributed by atoms with Crippen LogP contribution >= 0.6 is 11.8 Å². The Balaban J connectivity index is 3.64. The molecule has 0 aliphatic heterocycles. The van der Waals surface area contributed by atoms with Crippen LogP contribution in [-0.2, 0) is 4.79 Å². The van der Waals surface area contributed by atoms with Gasteiger partial charge in [0.05, 0.1) is 0 Å². The van der Waals surface area contributed by atoms with Gasteiger partial charge in [-0.3, -0.25) is 4.79 Å². The van der Waals surface area contributed by atoms with Crippen molar-refractivity contribution in [3.05, 3.63) is 0 Å². The Morgan fingerprint density at radius 2 is 2.18 bits per heavy atom. The molecule has 0 aliphatic carbocycles. The molecule has 4 heteroatoms. The highest BCUT2D eigenvalue weighted by molar-refractivity contribution is 7.98. The number of thioether (sulfide) groups is 1. The van der Waals surface area contributed by atoms with E-state index >= 15 is 0 Å². The monoisotopic (exact) mass is 177 g/mol. The minimum Gasteiger partial charge on any atom is -0.480 e. The molecule has 3 nitrogen and oxygen atoms in total. The molecule has 0 radical (unpaired) electrons. The second-order valence-corrected chi connectivity index (χ2v) is 3.84. The van der Waals surface area contributed by atoms with Crippen LogP contribution in [0, 0.1) is 0 Å². The zero-order chi connectivity index (χ0) is 8.91. The van der Waals surface area contributed by atoms with Crippen molar-refractivity contribution in [1.29, 1.82) is 0 Å². The fourth-order valence-corrected chi connectivity index (χ4v) is 0.847. The van der Waals surface area contributed by atoms with Gasteiger partial charge in [0, 0.05) is 12.3 Å². The Labute approximate surface area is 71.6 Å². The van der Waals surface area contributed by atoms with E-state index in [-0.39, 0.29) is 0 Å². The first-order valence-electron chi connectivity index (χ1n) is 3.48.